The number of hydrogen-bond donors (Lipinski definition) is 4. The molecule has 1 aromatic carbocycles. The van der Waals surface area contributed by atoms with Gasteiger partial charge in [-0.05, 0) is 80.2 Å². The predicted octanol–water partition coefficient (Wildman–Crippen LogP) is 5.14. The molecule has 2 heterocycles. The van der Waals surface area contributed by atoms with Crippen LogP contribution in [0.4, 0.5) is 10.2 Å². The van der Waals surface area contributed by atoms with Gasteiger partial charge >= 0.3 is 5.97 Å². The SMILES string of the molecule is CC(C)c1nc2c(c(-c3ccc(F)cc3)c1/C=C/[C@@H](O)C[C@@H](O)CC(=O)O)CCCc1nc(NCCN(C)C)ccc1-2. The molecule has 2 aromatic heterocycles. The molecule has 9 heteroatoms. The van der Waals surface area contributed by atoms with Gasteiger partial charge in [0.2, 0.25) is 0 Å². The van der Waals surface area contributed by atoms with Crippen LogP contribution in [0.3, 0.4) is 0 Å². The Balaban J connectivity index is 1.84. The minimum atomic E-state index is -1.17. The molecule has 4 N–H and O–H groups in total. The third-order valence-corrected chi connectivity index (χ3v) is 7.39. The Morgan fingerprint density at radius 2 is 1.83 bits per heavy atom. The van der Waals surface area contributed by atoms with Gasteiger partial charge in [0.1, 0.15) is 11.6 Å². The first-order valence-corrected chi connectivity index (χ1v) is 14.5. The number of carbonyl (C=O) groups is 1. The highest BCUT2D eigenvalue weighted by Crippen LogP contribution is 2.42. The summed E-state index contributed by atoms with van der Waals surface area (Å²) in [6.45, 7) is 5.79. The Morgan fingerprint density at radius 1 is 1.10 bits per heavy atom. The van der Waals surface area contributed by atoms with Gasteiger partial charge in [-0.2, -0.15) is 0 Å². The predicted molar refractivity (Wildman–Crippen MR) is 164 cm³/mol. The van der Waals surface area contributed by atoms with E-state index in [1.165, 1.54) is 12.1 Å². The van der Waals surface area contributed by atoms with E-state index in [0.29, 0.717) is 0 Å². The average molecular weight is 577 g/mol. The van der Waals surface area contributed by atoms with Crippen molar-refractivity contribution < 1.29 is 24.5 Å². The summed E-state index contributed by atoms with van der Waals surface area (Å²) in [7, 11) is 4.07. The number of aliphatic hydroxyl groups excluding tert-OH is 2. The van der Waals surface area contributed by atoms with Gasteiger partial charge in [-0.3, -0.25) is 9.78 Å². The van der Waals surface area contributed by atoms with Crippen LogP contribution >= 0.6 is 0 Å². The second-order valence-electron chi connectivity index (χ2n) is 11.5. The molecular weight excluding hydrogens is 535 g/mol. The quantitative estimate of drug-likeness (QED) is 0.234. The number of pyridine rings is 2. The summed E-state index contributed by atoms with van der Waals surface area (Å²) in [6.07, 6.45) is 3.01. The molecule has 1 aliphatic rings. The van der Waals surface area contributed by atoms with E-state index in [-0.39, 0.29) is 18.2 Å². The van der Waals surface area contributed by atoms with Gasteiger partial charge < -0.3 is 25.5 Å². The minimum absolute atomic E-state index is 0.0236. The summed E-state index contributed by atoms with van der Waals surface area (Å²) in [5.41, 5.74) is 7.30. The normalized spacial score (nSPS) is 14.5. The topological polar surface area (TPSA) is 119 Å². The van der Waals surface area contributed by atoms with Gasteiger partial charge in [-0.15, -0.1) is 0 Å². The van der Waals surface area contributed by atoms with Gasteiger partial charge in [-0.25, -0.2) is 9.37 Å². The van der Waals surface area contributed by atoms with E-state index in [1.54, 1.807) is 24.3 Å². The molecule has 0 bridgehead atoms. The number of nitrogens with one attached hydrogen (secondary N) is 1. The summed E-state index contributed by atoms with van der Waals surface area (Å²) in [6, 6.07) is 10.5. The Bertz CT molecular complexity index is 1420. The zero-order valence-corrected chi connectivity index (χ0v) is 24.8. The van der Waals surface area contributed by atoms with Crippen molar-refractivity contribution in [1.82, 2.24) is 14.9 Å². The molecule has 0 spiro atoms. The number of nitrogens with zero attached hydrogens (tertiary/aromatic N) is 3. The van der Waals surface area contributed by atoms with Crippen LogP contribution in [0.15, 0.2) is 42.5 Å². The monoisotopic (exact) mass is 576 g/mol. The Labute approximate surface area is 247 Å². The molecular formula is C33H41FN4O4. The third kappa shape index (κ3) is 7.79. The first-order chi connectivity index (χ1) is 20.0. The number of rotatable bonds is 12. The summed E-state index contributed by atoms with van der Waals surface area (Å²) in [4.78, 5) is 23.2. The second-order valence-corrected chi connectivity index (χ2v) is 11.5. The lowest BCUT2D eigenvalue weighted by atomic mass is 9.86. The van der Waals surface area contributed by atoms with E-state index in [9.17, 15) is 19.4 Å². The number of aromatic nitrogens is 2. The van der Waals surface area contributed by atoms with Crippen molar-refractivity contribution >= 4 is 17.9 Å². The number of anilines is 1. The van der Waals surface area contributed by atoms with Crippen molar-refractivity contribution in [2.45, 2.75) is 64.1 Å². The maximum atomic E-state index is 14.0. The third-order valence-electron chi connectivity index (χ3n) is 7.39. The van der Waals surface area contributed by atoms with Gasteiger partial charge in [0, 0.05) is 30.6 Å². The number of hydrogen-bond acceptors (Lipinski definition) is 7. The molecule has 0 unspecified atom stereocenters. The number of halogens is 1. The molecule has 0 saturated heterocycles. The Kier molecular flexibility index (Phi) is 10.4. The lowest BCUT2D eigenvalue weighted by Gasteiger charge is -2.22. The first-order valence-electron chi connectivity index (χ1n) is 14.5. The summed E-state index contributed by atoms with van der Waals surface area (Å²) in [5.74, 6) is -0.594. The average Bonchev–Trinajstić information content (AvgIpc) is 3.09. The van der Waals surface area contributed by atoms with Gasteiger partial charge in [0.25, 0.3) is 0 Å². The van der Waals surface area contributed by atoms with E-state index in [2.05, 4.69) is 30.1 Å². The first kappa shape index (κ1) is 31.3. The second kappa shape index (κ2) is 14.0. The van der Waals surface area contributed by atoms with Crippen molar-refractivity contribution in [3.05, 3.63) is 70.8 Å². The van der Waals surface area contributed by atoms with Crippen LogP contribution in [0, 0.1) is 5.82 Å². The molecule has 3 aromatic rings. The minimum Gasteiger partial charge on any atom is -0.481 e. The van der Waals surface area contributed by atoms with E-state index in [1.807, 2.05) is 20.2 Å². The molecule has 0 fully saturated rings. The van der Waals surface area contributed by atoms with Gasteiger partial charge in [0.05, 0.1) is 35.7 Å². The number of carboxylic acids is 1. The van der Waals surface area contributed by atoms with E-state index < -0.39 is 24.6 Å². The molecule has 42 heavy (non-hydrogen) atoms. The fraction of sp³-hybridized carbons (Fsp3) is 0.424. The van der Waals surface area contributed by atoms with E-state index >= 15 is 0 Å². The lowest BCUT2D eigenvalue weighted by molar-refractivity contribution is -0.139. The zero-order chi connectivity index (χ0) is 30.4. The molecule has 0 saturated carbocycles. The van der Waals surface area contributed by atoms with Crippen molar-refractivity contribution in [3.63, 3.8) is 0 Å². The number of fused-ring (bicyclic) bond motifs is 3. The van der Waals surface area contributed by atoms with Crippen molar-refractivity contribution in [2.24, 2.45) is 0 Å². The number of aliphatic hydroxyl groups is 2. The van der Waals surface area contributed by atoms with Gasteiger partial charge in [0.15, 0.2) is 0 Å². The van der Waals surface area contributed by atoms with Crippen LogP contribution in [0.5, 0.6) is 0 Å². The lowest BCUT2D eigenvalue weighted by Crippen LogP contribution is -2.21. The molecule has 4 rings (SSSR count). The van der Waals surface area contributed by atoms with Crippen molar-refractivity contribution in [1.29, 1.82) is 0 Å². The van der Waals surface area contributed by atoms with Crippen LogP contribution in [0.25, 0.3) is 28.5 Å². The van der Waals surface area contributed by atoms with Crippen LogP contribution in [0.1, 0.15) is 61.5 Å². The molecule has 0 amide bonds. The molecule has 2 atom stereocenters. The molecule has 8 nitrogen and oxygen atoms in total. The van der Waals surface area contributed by atoms with Crippen LogP contribution in [-0.4, -0.2) is 75.5 Å². The Hall–Kier alpha value is -3.66. The largest absolute Gasteiger partial charge is 0.481 e. The van der Waals surface area contributed by atoms with Crippen LogP contribution in [-0.2, 0) is 17.6 Å². The smallest absolute Gasteiger partial charge is 0.305 e. The van der Waals surface area contributed by atoms with Crippen LogP contribution in [0.2, 0.25) is 0 Å². The highest BCUT2D eigenvalue weighted by atomic mass is 19.1. The van der Waals surface area contributed by atoms with Crippen LogP contribution < -0.4 is 5.32 Å². The summed E-state index contributed by atoms with van der Waals surface area (Å²) >= 11 is 0. The maximum Gasteiger partial charge on any atom is 0.305 e. The number of carboxylic acid groups (broad SMARTS) is 1. The highest BCUT2D eigenvalue weighted by Gasteiger charge is 2.26. The molecule has 0 aliphatic heterocycles. The van der Waals surface area contributed by atoms with Gasteiger partial charge in [-0.1, -0.05) is 38.1 Å². The molecule has 0 radical (unpaired) electrons. The zero-order valence-electron chi connectivity index (χ0n) is 24.8. The number of benzene rings is 1. The summed E-state index contributed by atoms with van der Waals surface area (Å²) < 4.78 is 14.0. The maximum absolute atomic E-state index is 14.0. The fourth-order valence-electron chi connectivity index (χ4n) is 5.37. The number of likely N-dealkylation sites (N-methyl/N-ethyl adjacent to an activating group) is 1. The Morgan fingerprint density at radius 3 is 2.50 bits per heavy atom. The van der Waals surface area contributed by atoms with E-state index in [0.717, 1.165) is 83.1 Å². The van der Waals surface area contributed by atoms with E-state index in [4.69, 9.17) is 15.1 Å². The van der Waals surface area contributed by atoms with Crippen molar-refractivity contribution in [3.8, 4) is 22.4 Å². The highest BCUT2D eigenvalue weighted by molar-refractivity contribution is 5.85. The number of aliphatic carboxylic acids is 1. The standard InChI is InChI=1S/C33H41FN4O4/c1-20(2)32-27(13-12-23(39)18-24(40)19-30(41)42)31(21-8-10-22(34)11-9-21)26-6-5-7-28-25(33(26)37-32)14-15-29(36-28)35-16-17-38(3)4/h8-15,20,23-24,39-40H,5-7,16-19H2,1-4H3,(H,35,36)(H,41,42)/b13-12+/t23-,24-/m1/s1. The fourth-order valence-corrected chi connectivity index (χ4v) is 5.37. The molecule has 1 aliphatic carbocycles. The number of aryl methyl sites for hydroxylation is 1. The molecule has 224 valence electrons. The summed E-state index contributed by atoms with van der Waals surface area (Å²) in [5, 5.41) is 33.0. The van der Waals surface area contributed by atoms with Crippen molar-refractivity contribution in [2.75, 3.05) is 32.5 Å².